The van der Waals surface area contributed by atoms with Crippen molar-refractivity contribution in [2.24, 2.45) is 0 Å². The molecule has 0 aliphatic rings. The molecule has 0 saturated heterocycles. The molecule has 12 heteroatoms. The van der Waals surface area contributed by atoms with Crippen LogP contribution < -0.4 is 0 Å². The van der Waals surface area contributed by atoms with Gasteiger partial charge in [0.05, 0.1) is 19.8 Å². The number of carbonyl (C=O) groups excluding carboxylic acids is 3. The van der Waals surface area contributed by atoms with Crippen LogP contribution in [0.4, 0.5) is 0 Å². The maximum absolute atomic E-state index is 12.9. The quantitative estimate of drug-likeness (QED) is 0.0197. The Hall–Kier alpha value is -3.86. The monoisotopic (exact) mass is 1080 g/mol. The molecule has 2 N–H and O–H groups in total. The normalized spacial score (nSPS) is 14.1. The molecule has 0 radical (unpaired) electrons. The van der Waals surface area contributed by atoms with E-state index in [0.29, 0.717) is 25.7 Å². The molecule has 0 heterocycles. The first-order valence-electron chi connectivity index (χ1n) is 29.8. The van der Waals surface area contributed by atoms with Crippen molar-refractivity contribution in [1.82, 2.24) is 0 Å². The number of allylic oxidation sites excluding steroid dienone is 18. The second kappa shape index (κ2) is 57.3. The number of unbranched alkanes of at least 4 members (excludes halogenated alkanes) is 19. The molecule has 0 aromatic rings. The first kappa shape index (κ1) is 72.1. The highest BCUT2D eigenvalue weighted by Gasteiger charge is 2.28. The Morgan fingerprint density at radius 1 is 0.382 bits per heavy atom. The zero-order valence-corrected chi connectivity index (χ0v) is 48.8. The average Bonchev–Trinajstić information content (AvgIpc) is 3.41. The van der Waals surface area contributed by atoms with Crippen molar-refractivity contribution >= 4 is 25.7 Å². The molecule has 3 atom stereocenters. The standard InChI is InChI=1S/C64H107O11P/c1-4-7-10-13-16-19-22-25-28-30-33-35-38-41-44-47-50-53-62(66)71-57-61(75-64(68)55-52-49-46-43-40-37-34-31-29-26-23-20-17-14-11-8-5-2)59-73-76(69,70)72-58-60(56-65)74-63(67)54-51-48-45-42-39-36-32-27-24-21-18-15-12-9-6-3/h7,9-10,12,16,18-19,21,25,27-28,32-33,35,39,41-42,44,60-61,65H,4-6,8,11,13-15,17,20,22-24,26,29-31,34,36-38,40,43,45-59H2,1-3H3,(H,69,70)/b10-7-,12-9-,19-16-,21-18-,28-25-,32-27-,35-33-,42-39-,44-41-. The van der Waals surface area contributed by atoms with E-state index in [9.17, 15) is 28.9 Å². The third-order valence-corrected chi connectivity index (χ3v) is 13.1. The molecule has 0 bridgehead atoms. The van der Waals surface area contributed by atoms with Crippen LogP contribution in [-0.2, 0) is 42.2 Å². The maximum Gasteiger partial charge on any atom is 0.472 e. The van der Waals surface area contributed by atoms with Crippen LogP contribution in [0.25, 0.3) is 0 Å². The topological polar surface area (TPSA) is 155 Å². The number of esters is 3. The summed E-state index contributed by atoms with van der Waals surface area (Å²) in [6, 6.07) is 0. The van der Waals surface area contributed by atoms with Gasteiger partial charge in [-0.3, -0.25) is 23.4 Å². The van der Waals surface area contributed by atoms with Gasteiger partial charge in [-0.15, -0.1) is 0 Å². The van der Waals surface area contributed by atoms with Gasteiger partial charge in [-0.2, -0.15) is 0 Å². The molecule has 434 valence electrons. The van der Waals surface area contributed by atoms with Crippen molar-refractivity contribution in [2.45, 2.75) is 251 Å². The Morgan fingerprint density at radius 3 is 1.09 bits per heavy atom. The van der Waals surface area contributed by atoms with E-state index >= 15 is 0 Å². The molecular formula is C64H107O11P. The fourth-order valence-corrected chi connectivity index (χ4v) is 8.52. The molecule has 0 aromatic carbocycles. The highest BCUT2D eigenvalue weighted by molar-refractivity contribution is 7.47. The van der Waals surface area contributed by atoms with Gasteiger partial charge in [-0.05, 0) is 96.3 Å². The van der Waals surface area contributed by atoms with Crippen molar-refractivity contribution in [3.63, 3.8) is 0 Å². The smallest absolute Gasteiger partial charge is 0.462 e. The van der Waals surface area contributed by atoms with Crippen LogP contribution in [0.1, 0.15) is 239 Å². The van der Waals surface area contributed by atoms with E-state index in [0.717, 1.165) is 89.9 Å². The van der Waals surface area contributed by atoms with E-state index in [4.69, 9.17) is 23.3 Å². The number of aliphatic hydroxyl groups excluding tert-OH is 1. The maximum atomic E-state index is 12.9. The molecule has 0 saturated carbocycles. The molecule has 0 fully saturated rings. The van der Waals surface area contributed by atoms with Gasteiger partial charge in [0, 0.05) is 19.3 Å². The summed E-state index contributed by atoms with van der Waals surface area (Å²) < 4.78 is 39.5. The Labute approximate surface area is 463 Å². The molecule has 0 aliphatic heterocycles. The molecule has 0 aromatic heterocycles. The zero-order valence-electron chi connectivity index (χ0n) is 47.9. The van der Waals surface area contributed by atoms with Gasteiger partial charge in [0.1, 0.15) is 12.7 Å². The lowest BCUT2D eigenvalue weighted by atomic mass is 10.0. The largest absolute Gasteiger partial charge is 0.472 e. The van der Waals surface area contributed by atoms with Gasteiger partial charge >= 0.3 is 25.7 Å². The minimum Gasteiger partial charge on any atom is -0.462 e. The fraction of sp³-hybridized carbons (Fsp3) is 0.672. The molecule has 0 spiro atoms. The van der Waals surface area contributed by atoms with Gasteiger partial charge in [0.15, 0.2) is 6.10 Å². The van der Waals surface area contributed by atoms with E-state index in [-0.39, 0.29) is 25.9 Å². The van der Waals surface area contributed by atoms with Crippen LogP contribution in [0.15, 0.2) is 109 Å². The predicted octanol–water partition coefficient (Wildman–Crippen LogP) is 17.8. The molecule has 0 rings (SSSR count). The van der Waals surface area contributed by atoms with E-state index < -0.39 is 57.8 Å². The van der Waals surface area contributed by atoms with E-state index in [1.54, 1.807) is 0 Å². The number of phosphoric acid groups is 1. The van der Waals surface area contributed by atoms with E-state index in [1.807, 2.05) is 6.08 Å². The summed E-state index contributed by atoms with van der Waals surface area (Å²) in [5.74, 6) is -1.58. The van der Waals surface area contributed by atoms with Crippen LogP contribution >= 0.6 is 7.82 Å². The lowest BCUT2D eigenvalue weighted by molar-refractivity contribution is -0.161. The highest BCUT2D eigenvalue weighted by atomic mass is 31.2. The second-order valence-corrected chi connectivity index (χ2v) is 20.9. The van der Waals surface area contributed by atoms with Crippen molar-refractivity contribution in [3.05, 3.63) is 109 Å². The summed E-state index contributed by atoms with van der Waals surface area (Å²) in [5.41, 5.74) is 0. The number of phosphoric ester groups is 1. The van der Waals surface area contributed by atoms with E-state index in [2.05, 4.69) is 124 Å². The van der Waals surface area contributed by atoms with Crippen LogP contribution in [0.2, 0.25) is 0 Å². The Balaban J connectivity index is 4.84. The van der Waals surface area contributed by atoms with Crippen LogP contribution in [0.3, 0.4) is 0 Å². The SMILES string of the molecule is CC/C=C\C/C=C\C/C=C\C/C=C\C/C=C\CCCC(=O)OCC(COP(=O)(O)OCC(CO)OC(=O)CCCC/C=C\C/C=C\C/C=C\C/C=C\CC)OC(=O)CCCCCCCCCCCCCCCCCCC. The zero-order chi connectivity index (χ0) is 55.5. The summed E-state index contributed by atoms with van der Waals surface area (Å²) in [7, 11) is -4.78. The minimum absolute atomic E-state index is 0.117. The summed E-state index contributed by atoms with van der Waals surface area (Å²) in [4.78, 5) is 48.6. The first-order valence-corrected chi connectivity index (χ1v) is 31.3. The molecule has 0 amide bonds. The van der Waals surface area contributed by atoms with Gasteiger partial charge in [0.2, 0.25) is 0 Å². The first-order chi connectivity index (χ1) is 37.2. The van der Waals surface area contributed by atoms with Gasteiger partial charge < -0.3 is 24.2 Å². The number of ether oxygens (including phenoxy) is 3. The van der Waals surface area contributed by atoms with Crippen molar-refractivity contribution in [2.75, 3.05) is 26.4 Å². The predicted molar refractivity (Wildman–Crippen MR) is 316 cm³/mol. The van der Waals surface area contributed by atoms with E-state index in [1.165, 1.54) is 83.5 Å². The third kappa shape index (κ3) is 54.9. The summed E-state index contributed by atoms with van der Waals surface area (Å²) in [5, 5.41) is 9.82. The number of rotatable bonds is 54. The lowest BCUT2D eigenvalue weighted by Gasteiger charge is -2.21. The van der Waals surface area contributed by atoms with Gasteiger partial charge in [-0.1, -0.05) is 233 Å². The Morgan fingerprint density at radius 2 is 0.697 bits per heavy atom. The summed E-state index contributed by atoms with van der Waals surface area (Å²) >= 11 is 0. The average molecular weight is 1080 g/mol. The number of hydrogen-bond acceptors (Lipinski definition) is 10. The molecule has 3 unspecified atom stereocenters. The second-order valence-electron chi connectivity index (χ2n) is 19.4. The van der Waals surface area contributed by atoms with Crippen molar-refractivity contribution in [3.8, 4) is 0 Å². The fourth-order valence-electron chi connectivity index (χ4n) is 7.74. The highest BCUT2D eigenvalue weighted by Crippen LogP contribution is 2.43. The van der Waals surface area contributed by atoms with Gasteiger partial charge in [-0.25, -0.2) is 4.57 Å². The van der Waals surface area contributed by atoms with Crippen LogP contribution in [-0.4, -0.2) is 66.5 Å². The van der Waals surface area contributed by atoms with Crippen molar-refractivity contribution < 1.29 is 52.2 Å². The number of hydrogen-bond donors (Lipinski definition) is 2. The van der Waals surface area contributed by atoms with Gasteiger partial charge in [0.25, 0.3) is 0 Å². The Bertz CT molecular complexity index is 1690. The summed E-state index contributed by atoms with van der Waals surface area (Å²) in [6.07, 6.45) is 69.1. The molecule has 11 nitrogen and oxygen atoms in total. The molecule has 0 aliphatic carbocycles. The third-order valence-electron chi connectivity index (χ3n) is 12.2. The number of carbonyl (C=O) groups is 3. The Kier molecular flexibility index (Phi) is 54.4. The molecule has 76 heavy (non-hydrogen) atoms. The minimum atomic E-state index is -4.78. The number of aliphatic hydroxyl groups is 1. The van der Waals surface area contributed by atoms with Crippen molar-refractivity contribution in [1.29, 1.82) is 0 Å². The molecular weight excluding hydrogens is 976 g/mol. The summed E-state index contributed by atoms with van der Waals surface area (Å²) in [6.45, 7) is 4.32. The van der Waals surface area contributed by atoms with Crippen LogP contribution in [0.5, 0.6) is 0 Å². The lowest BCUT2D eigenvalue weighted by Crippen LogP contribution is -2.30. The van der Waals surface area contributed by atoms with Crippen LogP contribution in [0, 0.1) is 0 Å².